The van der Waals surface area contributed by atoms with E-state index in [0.29, 0.717) is 40.5 Å². The molecule has 2 aromatic heterocycles. The summed E-state index contributed by atoms with van der Waals surface area (Å²) in [6.07, 6.45) is -2.61. The molecule has 0 amide bonds. The van der Waals surface area contributed by atoms with Gasteiger partial charge in [0.15, 0.2) is 5.69 Å². The number of hydrogen-bond acceptors (Lipinski definition) is 3. The molecule has 0 aliphatic heterocycles. The molecule has 0 radical (unpaired) electrons. The first kappa shape index (κ1) is 20.1. The number of thiazole rings is 1. The van der Waals surface area contributed by atoms with Crippen molar-refractivity contribution in [3.63, 3.8) is 0 Å². The molecule has 1 aliphatic rings. The molecule has 1 aromatic carbocycles. The molecule has 3 aromatic rings. The van der Waals surface area contributed by atoms with E-state index in [1.54, 1.807) is 17.5 Å². The molecule has 8 heteroatoms. The predicted molar refractivity (Wildman–Crippen MR) is 105 cm³/mol. The monoisotopic (exact) mass is 423 g/mol. The Balaban J connectivity index is 1.86. The lowest BCUT2D eigenvalue weighted by Crippen LogP contribution is -2.25. The minimum atomic E-state index is -4.51. The fraction of sp³-hybridized carbons (Fsp3) is 0.429. The molecule has 0 fully saturated rings. The number of hydrogen-bond donors (Lipinski definition) is 0. The van der Waals surface area contributed by atoms with E-state index in [2.05, 4.69) is 10.1 Å². The van der Waals surface area contributed by atoms with Crippen molar-refractivity contribution < 1.29 is 17.6 Å². The minimum absolute atomic E-state index is 0.0481. The highest BCUT2D eigenvalue weighted by Crippen LogP contribution is 2.47. The van der Waals surface area contributed by atoms with E-state index in [1.807, 2.05) is 20.8 Å². The molecule has 0 saturated carbocycles. The molecule has 2 heterocycles. The van der Waals surface area contributed by atoms with Crippen LogP contribution in [-0.4, -0.2) is 14.8 Å². The van der Waals surface area contributed by atoms with Crippen molar-refractivity contribution in [3.05, 3.63) is 52.4 Å². The zero-order valence-corrected chi connectivity index (χ0v) is 17.2. The Kier molecular flexibility index (Phi) is 4.80. The Morgan fingerprint density at radius 1 is 1.10 bits per heavy atom. The average Bonchev–Trinajstić information content (AvgIpc) is 3.25. The predicted octanol–water partition coefficient (Wildman–Crippen LogP) is 6.62. The van der Waals surface area contributed by atoms with Crippen LogP contribution in [0.2, 0.25) is 0 Å². The highest BCUT2D eigenvalue weighted by Gasteiger charge is 2.44. The zero-order chi connectivity index (χ0) is 21.0. The summed E-state index contributed by atoms with van der Waals surface area (Å²) in [5, 5.41) is 6.16. The third-order valence-corrected chi connectivity index (χ3v) is 6.22. The highest BCUT2D eigenvalue weighted by atomic mass is 32.1. The molecule has 1 aliphatic carbocycles. The first-order chi connectivity index (χ1) is 13.6. The van der Waals surface area contributed by atoms with Gasteiger partial charge in [-0.3, -0.25) is 0 Å². The maximum absolute atomic E-state index is 13.7. The number of benzene rings is 1. The Hall–Kier alpha value is -2.22. The molecular formula is C21H21F4N3S. The number of halogens is 4. The smallest absolute Gasteiger partial charge is 0.218 e. The van der Waals surface area contributed by atoms with Crippen LogP contribution in [0.1, 0.15) is 56.5 Å². The summed E-state index contributed by atoms with van der Waals surface area (Å²) in [6, 6.07) is 5.88. The number of alkyl halides is 3. The van der Waals surface area contributed by atoms with Gasteiger partial charge in [-0.25, -0.2) is 14.1 Å². The summed E-state index contributed by atoms with van der Waals surface area (Å²) in [5.74, 6) is -0.402. The van der Waals surface area contributed by atoms with Crippen molar-refractivity contribution in [2.75, 3.05) is 0 Å². The van der Waals surface area contributed by atoms with Crippen molar-refractivity contribution in [2.45, 2.75) is 52.1 Å². The van der Waals surface area contributed by atoms with Gasteiger partial charge in [0.2, 0.25) is 5.13 Å². The molecule has 0 spiro atoms. The van der Waals surface area contributed by atoms with Gasteiger partial charge in [-0.2, -0.15) is 18.3 Å². The highest BCUT2D eigenvalue weighted by molar-refractivity contribution is 7.12. The summed E-state index contributed by atoms with van der Waals surface area (Å²) >= 11 is 1.24. The van der Waals surface area contributed by atoms with Crippen molar-refractivity contribution in [1.82, 2.24) is 14.8 Å². The van der Waals surface area contributed by atoms with E-state index < -0.39 is 11.9 Å². The van der Waals surface area contributed by atoms with E-state index in [4.69, 9.17) is 0 Å². The Bertz CT molecular complexity index is 1030. The van der Waals surface area contributed by atoms with Gasteiger partial charge in [-0.1, -0.05) is 20.8 Å². The largest absolute Gasteiger partial charge is 0.435 e. The quantitative estimate of drug-likeness (QED) is 0.434. The van der Waals surface area contributed by atoms with Gasteiger partial charge in [-0.15, -0.1) is 11.3 Å². The van der Waals surface area contributed by atoms with Crippen molar-refractivity contribution in [2.24, 2.45) is 5.41 Å². The summed E-state index contributed by atoms with van der Waals surface area (Å²) in [6.45, 7) is 6.13. The van der Waals surface area contributed by atoms with Gasteiger partial charge in [0.25, 0.3) is 0 Å². The number of fused-ring (bicyclic) bond motifs is 1. The minimum Gasteiger partial charge on any atom is -0.218 e. The van der Waals surface area contributed by atoms with Crippen LogP contribution in [0.4, 0.5) is 17.6 Å². The fourth-order valence-electron chi connectivity index (χ4n) is 4.02. The molecule has 1 atom stereocenters. The molecule has 0 N–H and O–H groups in total. The van der Waals surface area contributed by atoms with Gasteiger partial charge in [-0.05, 0) is 48.9 Å². The van der Waals surface area contributed by atoms with Crippen LogP contribution < -0.4 is 0 Å². The van der Waals surface area contributed by atoms with Crippen molar-refractivity contribution in [1.29, 1.82) is 0 Å². The third-order valence-electron chi connectivity index (χ3n) is 5.40. The Labute approximate surface area is 170 Å². The van der Waals surface area contributed by atoms with Crippen molar-refractivity contribution in [3.8, 4) is 16.4 Å². The summed E-state index contributed by atoms with van der Waals surface area (Å²) < 4.78 is 55.7. The number of nitrogens with zero attached hydrogens (tertiary/aromatic N) is 3. The second kappa shape index (κ2) is 6.93. The van der Waals surface area contributed by atoms with Crippen LogP contribution in [0.25, 0.3) is 16.4 Å². The maximum Gasteiger partial charge on any atom is 0.435 e. The SMILES string of the molecule is CC(C)(C)C1CCCc2c(C(F)(F)F)nn(-c3nc(-c4ccc(F)cc4)cs3)c21. The van der Waals surface area contributed by atoms with Gasteiger partial charge >= 0.3 is 6.18 Å². The second-order valence-corrected chi connectivity index (χ2v) is 9.29. The first-order valence-corrected chi connectivity index (χ1v) is 10.3. The Morgan fingerprint density at radius 3 is 2.41 bits per heavy atom. The molecular weight excluding hydrogens is 402 g/mol. The van der Waals surface area contributed by atoms with E-state index >= 15 is 0 Å². The second-order valence-electron chi connectivity index (χ2n) is 8.46. The van der Waals surface area contributed by atoms with Gasteiger partial charge in [0, 0.05) is 22.4 Å². The summed E-state index contributed by atoms with van der Waals surface area (Å²) in [5.41, 5.74) is 1.20. The van der Waals surface area contributed by atoms with Crippen LogP contribution in [0.5, 0.6) is 0 Å². The molecule has 1 unspecified atom stereocenters. The van der Waals surface area contributed by atoms with Gasteiger partial charge in [0.05, 0.1) is 11.4 Å². The number of rotatable bonds is 2. The molecule has 3 nitrogen and oxygen atoms in total. The molecule has 154 valence electrons. The Morgan fingerprint density at radius 2 is 1.79 bits per heavy atom. The molecule has 0 saturated heterocycles. The lowest BCUT2D eigenvalue weighted by molar-refractivity contribution is -0.142. The van der Waals surface area contributed by atoms with E-state index in [0.717, 1.165) is 6.42 Å². The maximum atomic E-state index is 13.7. The molecule has 0 bridgehead atoms. The van der Waals surface area contributed by atoms with Gasteiger partial charge in [0.1, 0.15) is 5.82 Å². The van der Waals surface area contributed by atoms with Crippen LogP contribution in [0.15, 0.2) is 29.6 Å². The molecule has 4 rings (SSSR count). The number of aromatic nitrogens is 3. The van der Waals surface area contributed by atoms with Crippen LogP contribution >= 0.6 is 11.3 Å². The van der Waals surface area contributed by atoms with E-state index in [-0.39, 0.29) is 17.2 Å². The summed E-state index contributed by atoms with van der Waals surface area (Å²) in [7, 11) is 0. The topological polar surface area (TPSA) is 30.7 Å². The van der Waals surface area contributed by atoms with Crippen LogP contribution in [0.3, 0.4) is 0 Å². The van der Waals surface area contributed by atoms with Gasteiger partial charge < -0.3 is 0 Å². The fourth-order valence-corrected chi connectivity index (χ4v) is 4.81. The normalized spacial score (nSPS) is 17.4. The van der Waals surface area contributed by atoms with Crippen LogP contribution in [-0.2, 0) is 12.6 Å². The lowest BCUT2D eigenvalue weighted by Gasteiger charge is -2.34. The standard InChI is InChI=1S/C21H21F4N3S/c1-20(2,3)15-6-4-5-14-17(15)28(27-18(14)21(23,24)25)19-26-16(11-29-19)12-7-9-13(22)10-8-12/h7-11,15H,4-6H2,1-3H3. The van der Waals surface area contributed by atoms with E-state index in [1.165, 1.54) is 28.2 Å². The molecule has 29 heavy (non-hydrogen) atoms. The van der Waals surface area contributed by atoms with E-state index in [9.17, 15) is 17.6 Å². The lowest BCUT2D eigenvalue weighted by atomic mass is 9.71. The zero-order valence-electron chi connectivity index (χ0n) is 16.3. The first-order valence-electron chi connectivity index (χ1n) is 9.46. The third kappa shape index (κ3) is 3.70. The van der Waals surface area contributed by atoms with Crippen LogP contribution in [0, 0.1) is 11.2 Å². The average molecular weight is 423 g/mol. The summed E-state index contributed by atoms with van der Waals surface area (Å²) in [4.78, 5) is 4.53. The van der Waals surface area contributed by atoms with Crippen molar-refractivity contribution >= 4 is 11.3 Å².